The maximum absolute atomic E-state index is 13.0. The number of aromatic hydroxyl groups is 1. The first kappa shape index (κ1) is 20.0. The van der Waals surface area contributed by atoms with Crippen molar-refractivity contribution in [1.82, 2.24) is 4.31 Å². The molecule has 1 heterocycles. The Kier molecular flexibility index (Phi) is 5.48. The number of anilines is 1. The predicted molar refractivity (Wildman–Crippen MR) is 104 cm³/mol. The van der Waals surface area contributed by atoms with Crippen LogP contribution in [0.2, 0.25) is 0 Å². The standard InChI is InChI=1S/C19H22N2O6S/c1-13-11-15(27-2)4-6-18(13)28(25,26)21-9-7-20(8-10-21)14-3-5-17(22)16(12-14)19(23)24/h3-6,11-12,22H,7-10H2,1-2H3,(H,23,24). The molecule has 3 rings (SSSR count). The highest BCUT2D eigenvalue weighted by atomic mass is 32.2. The number of carboxylic acids is 1. The molecule has 0 aliphatic carbocycles. The van der Waals surface area contributed by atoms with Crippen LogP contribution in [0, 0.1) is 6.92 Å². The number of phenols is 1. The van der Waals surface area contributed by atoms with Crippen molar-refractivity contribution in [2.24, 2.45) is 0 Å². The van der Waals surface area contributed by atoms with Gasteiger partial charge < -0.3 is 19.8 Å². The maximum atomic E-state index is 13.0. The number of sulfonamides is 1. The lowest BCUT2D eigenvalue weighted by Gasteiger charge is -2.35. The van der Waals surface area contributed by atoms with Gasteiger partial charge in [-0.25, -0.2) is 13.2 Å². The normalized spacial score (nSPS) is 15.4. The summed E-state index contributed by atoms with van der Waals surface area (Å²) in [6.45, 7) is 3.11. The average Bonchev–Trinajstić information content (AvgIpc) is 2.68. The van der Waals surface area contributed by atoms with E-state index < -0.39 is 16.0 Å². The van der Waals surface area contributed by atoms with Gasteiger partial charge in [0.05, 0.1) is 12.0 Å². The summed E-state index contributed by atoms with van der Waals surface area (Å²) in [7, 11) is -2.11. The third-order valence-electron chi connectivity index (χ3n) is 4.81. The highest BCUT2D eigenvalue weighted by Gasteiger charge is 2.30. The van der Waals surface area contributed by atoms with Crippen LogP contribution < -0.4 is 9.64 Å². The largest absolute Gasteiger partial charge is 0.507 e. The van der Waals surface area contributed by atoms with E-state index in [0.717, 1.165) is 0 Å². The molecule has 1 saturated heterocycles. The molecule has 0 spiro atoms. The minimum Gasteiger partial charge on any atom is -0.507 e. The van der Waals surface area contributed by atoms with E-state index in [-0.39, 0.29) is 29.3 Å². The van der Waals surface area contributed by atoms with Crippen molar-refractivity contribution in [3.8, 4) is 11.5 Å². The Bertz CT molecular complexity index is 997. The second kappa shape index (κ2) is 7.69. The molecule has 2 N–H and O–H groups in total. The molecule has 0 bridgehead atoms. The first-order chi connectivity index (χ1) is 13.2. The Labute approximate surface area is 163 Å². The van der Waals surface area contributed by atoms with E-state index in [1.165, 1.54) is 23.5 Å². The highest BCUT2D eigenvalue weighted by molar-refractivity contribution is 7.89. The Morgan fingerprint density at radius 2 is 1.75 bits per heavy atom. The second-order valence-electron chi connectivity index (χ2n) is 6.53. The predicted octanol–water partition coefficient (Wildman–Crippen LogP) is 1.92. The number of rotatable bonds is 5. The molecule has 1 fully saturated rings. The van der Waals surface area contributed by atoms with Gasteiger partial charge in [-0.2, -0.15) is 4.31 Å². The van der Waals surface area contributed by atoms with Crippen molar-refractivity contribution in [2.75, 3.05) is 38.2 Å². The Morgan fingerprint density at radius 1 is 1.07 bits per heavy atom. The van der Waals surface area contributed by atoms with E-state index in [0.29, 0.717) is 30.1 Å². The summed E-state index contributed by atoms with van der Waals surface area (Å²) in [4.78, 5) is 13.4. The molecule has 8 nitrogen and oxygen atoms in total. The van der Waals surface area contributed by atoms with E-state index >= 15 is 0 Å². The van der Waals surface area contributed by atoms with E-state index in [4.69, 9.17) is 9.84 Å². The highest BCUT2D eigenvalue weighted by Crippen LogP contribution is 2.28. The number of aryl methyl sites for hydroxylation is 1. The Morgan fingerprint density at radius 3 is 2.32 bits per heavy atom. The van der Waals surface area contributed by atoms with Gasteiger partial charge in [0.2, 0.25) is 10.0 Å². The minimum atomic E-state index is -3.63. The van der Waals surface area contributed by atoms with Gasteiger partial charge in [0, 0.05) is 31.9 Å². The molecule has 28 heavy (non-hydrogen) atoms. The number of carbonyl (C=O) groups is 1. The summed E-state index contributed by atoms with van der Waals surface area (Å²) < 4.78 is 32.5. The molecule has 0 atom stereocenters. The van der Waals surface area contributed by atoms with Crippen LogP contribution in [0.15, 0.2) is 41.3 Å². The van der Waals surface area contributed by atoms with Crippen LogP contribution in [0.1, 0.15) is 15.9 Å². The van der Waals surface area contributed by atoms with Gasteiger partial charge in [-0.15, -0.1) is 0 Å². The lowest BCUT2D eigenvalue weighted by Crippen LogP contribution is -2.48. The van der Waals surface area contributed by atoms with Crippen molar-refractivity contribution in [2.45, 2.75) is 11.8 Å². The first-order valence-electron chi connectivity index (χ1n) is 8.70. The van der Waals surface area contributed by atoms with Crippen LogP contribution in [0.5, 0.6) is 11.5 Å². The van der Waals surface area contributed by atoms with Crippen molar-refractivity contribution in [3.63, 3.8) is 0 Å². The van der Waals surface area contributed by atoms with Gasteiger partial charge in [0.15, 0.2) is 0 Å². The number of benzene rings is 2. The van der Waals surface area contributed by atoms with Gasteiger partial charge in [-0.3, -0.25) is 0 Å². The van der Waals surface area contributed by atoms with Crippen LogP contribution in [0.3, 0.4) is 0 Å². The third kappa shape index (κ3) is 3.76. The number of piperazine rings is 1. The van der Waals surface area contributed by atoms with E-state index in [2.05, 4.69) is 0 Å². The maximum Gasteiger partial charge on any atom is 0.339 e. The smallest absolute Gasteiger partial charge is 0.339 e. The van der Waals surface area contributed by atoms with E-state index in [1.807, 2.05) is 4.90 Å². The quantitative estimate of drug-likeness (QED) is 0.781. The van der Waals surface area contributed by atoms with E-state index in [1.54, 1.807) is 31.2 Å². The molecule has 1 aliphatic rings. The zero-order valence-electron chi connectivity index (χ0n) is 15.6. The summed E-state index contributed by atoms with van der Waals surface area (Å²) in [6.07, 6.45) is 0. The summed E-state index contributed by atoms with van der Waals surface area (Å²) in [5.74, 6) is -0.911. The number of aromatic carboxylic acids is 1. The topological polar surface area (TPSA) is 107 Å². The molecule has 1 aliphatic heterocycles. The second-order valence-corrected chi connectivity index (χ2v) is 8.44. The zero-order valence-corrected chi connectivity index (χ0v) is 16.4. The molecule has 0 aromatic heterocycles. The fourth-order valence-electron chi connectivity index (χ4n) is 3.26. The SMILES string of the molecule is COc1ccc(S(=O)(=O)N2CCN(c3ccc(O)c(C(=O)O)c3)CC2)c(C)c1. The van der Waals surface area contributed by atoms with Gasteiger partial charge >= 0.3 is 5.97 Å². The van der Waals surface area contributed by atoms with Crippen LogP contribution >= 0.6 is 0 Å². The van der Waals surface area contributed by atoms with Gasteiger partial charge in [-0.1, -0.05) is 0 Å². The molecule has 0 amide bonds. The zero-order chi connectivity index (χ0) is 20.5. The fourth-order valence-corrected chi connectivity index (χ4v) is 4.88. The monoisotopic (exact) mass is 406 g/mol. The number of nitrogens with zero attached hydrogens (tertiary/aromatic N) is 2. The van der Waals surface area contributed by atoms with Crippen molar-refractivity contribution in [3.05, 3.63) is 47.5 Å². The fraction of sp³-hybridized carbons (Fsp3) is 0.316. The van der Waals surface area contributed by atoms with Gasteiger partial charge in [0.25, 0.3) is 0 Å². The number of hydrogen-bond donors (Lipinski definition) is 2. The van der Waals surface area contributed by atoms with Crippen LogP contribution in [0.4, 0.5) is 5.69 Å². The number of methoxy groups -OCH3 is 1. The lowest BCUT2D eigenvalue weighted by molar-refractivity contribution is 0.0693. The summed E-state index contributed by atoms with van der Waals surface area (Å²) >= 11 is 0. The van der Waals surface area contributed by atoms with Crippen LogP contribution in [-0.2, 0) is 10.0 Å². The molecular weight excluding hydrogens is 384 g/mol. The molecule has 0 saturated carbocycles. The molecule has 0 unspecified atom stereocenters. The minimum absolute atomic E-state index is 0.179. The van der Waals surface area contributed by atoms with Crippen LogP contribution in [0.25, 0.3) is 0 Å². The molecule has 9 heteroatoms. The Hall–Kier alpha value is -2.78. The third-order valence-corrected chi connectivity index (χ3v) is 6.87. The number of hydrogen-bond acceptors (Lipinski definition) is 6. The van der Waals surface area contributed by atoms with Crippen molar-refractivity contribution >= 4 is 21.7 Å². The Balaban J connectivity index is 1.76. The van der Waals surface area contributed by atoms with Gasteiger partial charge in [-0.05, 0) is 48.9 Å². The molecule has 2 aromatic carbocycles. The van der Waals surface area contributed by atoms with E-state index in [9.17, 15) is 18.3 Å². The summed E-state index contributed by atoms with van der Waals surface area (Å²) in [5, 5.41) is 18.8. The molecule has 0 radical (unpaired) electrons. The molecule has 150 valence electrons. The number of carboxylic acid groups (broad SMARTS) is 1. The van der Waals surface area contributed by atoms with Gasteiger partial charge in [0.1, 0.15) is 17.1 Å². The lowest BCUT2D eigenvalue weighted by atomic mass is 10.1. The van der Waals surface area contributed by atoms with Crippen molar-refractivity contribution < 1.29 is 28.2 Å². The molecule has 2 aromatic rings. The van der Waals surface area contributed by atoms with Crippen LogP contribution in [-0.4, -0.2) is 62.2 Å². The van der Waals surface area contributed by atoms with Crippen molar-refractivity contribution in [1.29, 1.82) is 0 Å². The average molecular weight is 406 g/mol. The first-order valence-corrected chi connectivity index (χ1v) is 10.1. The summed E-state index contributed by atoms with van der Waals surface area (Å²) in [6, 6.07) is 9.22. The number of ether oxygens (including phenoxy) is 1. The summed E-state index contributed by atoms with van der Waals surface area (Å²) in [5.41, 5.74) is 1.07. The molecular formula is C19H22N2O6S.